The first-order valence-electron chi connectivity index (χ1n) is 8.83. The lowest BCUT2D eigenvalue weighted by molar-refractivity contribution is 0.828. The van der Waals surface area contributed by atoms with Crippen LogP contribution in [0, 0.1) is 0 Å². The van der Waals surface area contributed by atoms with Gasteiger partial charge in [0.15, 0.2) is 14.8 Å². The third-order valence-electron chi connectivity index (χ3n) is 4.29. The molecule has 0 unspecified atom stereocenters. The SMILES string of the molecule is CCC[Si](Cl)(CCC)CCCC[Si](Cl)(CCC)CCC. The molecule has 122 valence electrons. The molecule has 0 aliphatic rings. The van der Waals surface area contributed by atoms with Gasteiger partial charge in [0.05, 0.1) is 0 Å². The van der Waals surface area contributed by atoms with E-state index in [2.05, 4.69) is 27.7 Å². The van der Waals surface area contributed by atoms with Crippen molar-refractivity contribution in [2.45, 2.75) is 102 Å². The normalized spacial score (nSPS) is 12.9. The molecule has 0 heterocycles. The minimum Gasteiger partial charge on any atom is -0.167 e. The average Bonchev–Trinajstić information content (AvgIpc) is 2.36. The predicted octanol–water partition coefficient (Wildman–Crippen LogP) is 7.78. The second kappa shape index (κ2) is 11.6. The van der Waals surface area contributed by atoms with E-state index in [4.69, 9.17) is 22.2 Å². The smallest absolute Gasteiger partial charge is 0.156 e. The van der Waals surface area contributed by atoms with E-state index >= 15 is 0 Å². The highest BCUT2D eigenvalue weighted by Crippen LogP contribution is 2.34. The van der Waals surface area contributed by atoms with Gasteiger partial charge in [-0.25, -0.2) is 0 Å². The van der Waals surface area contributed by atoms with Crippen LogP contribution in [-0.4, -0.2) is 14.8 Å². The van der Waals surface area contributed by atoms with E-state index in [9.17, 15) is 0 Å². The van der Waals surface area contributed by atoms with E-state index < -0.39 is 14.8 Å². The predicted molar refractivity (Wildman–Crippen MR) is 102 cm³/mol. The summed E-state index contributed by atoms with van der Waals surface area (Å²) in [6.45, 7) is 9.11. The maximum absolute atomic E-state index is 6.93. The van der Waals surface area contributed by atoms with Gasteiger partial charge in [0.2, 0.25) is 0 Å². The molecule has 0 spiro atoms. The molecule has 20 heavy (non-hydrogen) atoms. The van der Waals surface area contributed by atoms with Crippen LogP contribution in [0.1, 0.15) is 66.2 Å². The van der Waals surface area contributed by atoms with Crippen molar-refractivity contribution >= 4 is 36.9 Å². The van der Waals surface area contributed by atoms with Crippen LogP contribution in [0.15, 0.2) is 0 Å². The summed E-state index contributed by atoms with van der Waals surface area (Å²) >= 11 is 13.9. The van der Waals surface area contributed by atoms with Crippen LogP contribution >= 0.6 is 22.2 Å². The number of hydrogen-bond acceptors (Lipinski definition) is 0. The second-order valence-electron chi connectivity index (χ2n) is 6.51. The summed E-state index contributed by atoms with van der Waals surface area (Å²) in [5.41, 5.74) is 0. The lowest BCUT2D eigenvalue weighted by Gasteiger charge is -2.26. The van der Waals surface area contributed by atoms with Gasteiger partial charge < -0.3 is 0 Å². The zero-order chi connectivity index (χ0) is 15.5. The Morgan fingerprint density at radius 1 is 0.500 bits per heavy atom. The highest BCUT2D eigenvalue weighted by Gasteiger charge is 2.30. The first kappa shape index (κ1) is 21.0. The lowest BCUT2D eigenvalue weighted by Crippen LogP contribution is -2.28. The Kier molecular flexibility index (Phi) is 12.2. The summed E-state index contributed by atoms with van der Waals surface area (Å²) in [4.78, 5) is 0. The Balaban J connectivity index is 4.13. The topological polar surface area (TPSA) is 0 Å². The van der Waals surface area contributed by atoms with Gasteiger partial charge in [-0.3, -0.25) is 0 Å². The minimum absolute atomic E-state index is 1.26. The highest BCUT2D eigenvalue weighted by atomic mass is 35.6. The molecule has 0 saturated heterocycles. The standard InChI is InChI=1S/C16H36Cl2Si2/c1-5-11-19(17,12-6-2)15-9-10-16-20(18,13-7-3)14-8-4/h5-16H2,1-4H3. The summed E-state index contributed by atoms with van der Waals surface area (Å²) in [7, 11) is -2.88. The second-order valence-corrected chi connectivity index (χ2v) is 18.9. The Bertz CT molecular complexity index is 199. The van der Waals surface area contributed by atoms with Gasteiger partial charge in [-0.15, -0.1) is 0 Å². The highest BCUT2D eigenvalue weighted by molar-refractivity contribution is 7.20. The molecule has 0 nitrogen and oxygen atoms in total. The van der Waals surface area contributed by atoms with Gasteiger partial charge in [0, 0.05) is 0 Å². The van der Waals surface area contributed by atoms with Crippen molar-refractivity contribution in [3.8, 4) is 0 Å². The van der Waals surface area contributed by atoms with Gasteiger partial charge in [-0.1, -0.05) is 66.2 Å². The molecule has 0 atom stereocenters. The minimum atomic E-state index is -1.44. The zero-order valence-electron chi connectivity index (χ0n) is 14.2. The largest absolute Gasteiger partial charge is 0.167 e. The molecular weight excluding hydrogens is 319 g/mol. The van der Waals surface area contributed by atoms with Crippen LogP contribution < -0.4 is 0 Å². The van der Waals surface area contributed by atoms with Crippen molar-refractivity contribution in [2.75, 3.05) is 0 Å². The molecule has 0 rings (SSSR count). The molecule has 0 aliphatic carbocycles. The van der Waals surface area contributed by atoms with E-state index in [0.717, 1.165) is 0 Å². The fourth-order valence-corrected chi connectivity index (χ4v) is 13.3. The summed E-state index contributed by atoms with van der Waals surface area (Å²) < 4.78 is 0. The summed E-state index contributed by atoms with van der Waals surface area (Å²) in [6, 6.07) is 7.84. The summed E-state index contributed by atoms with van der Waals surface area (Å²) in [5, 5.41) is 0. The summed E-state index contributed by atoms with van der Waals surface area (Å²) in [5.74, 6) is 0. The Hall–Kier alpha value is 1.01. The van der Waals surface area contributed by atoms with Crippen LogP contribution in [0.25, 0.3) is 0 Å². The van der Waals surface area contributed by atoms with Crippen molar-refractivity contribution in [3.05, 3.63) is 0 Å². The van der Waals surface area contributed by atoms with Crippen LogP contribution in [-0.2, 0) is 0 Å². The number of hydrogen-bond donors (Lipinski definition) is 0. The molecule has 0 aromatic heterocycles. The van der Waals surface area contributed by atoms with E-state index in [1.807, 2.05) is 0 Å². The molecule has 4 heteroatoms. The van der Waals surface area contributed by atoms with Crippen molar-refractivity contribution in [3.63, 3.8) is 0 Å². The molecular formula is C16H36Cl2Si2. The third-order valence-corrected chi connectivity index (χ3v) is 15.8. The van der Waals surface area contributed by atoms with Gasteiger partial charge in [0.1, 0.15) is 0 Å². The van der Waals surface area contributed by atoms with Gasteiger partial charge >= 0.3 is 0 Å². The Morgan fingerprint density at radius 3 is 0.950 bits per heavy atom. The quantitative estimate of drug-likeness (QED) is 0.180. The van der Waals surface area contributed by atoms with Crippen molar-refractivity contribution in [1.29, 1.82) is 0 Å². The Morgan fingerprint density at radius 2 is 0.750 bits per heavy atom. The van der Waals surface area contributed by atoms with E-state index in [1.165, 1.54) is 74.8 Å². The number of unbranched alkanes of at least 4 members (excludes halogenated alkanes) is 1. The fraction of sp³-hybridized carbons (Fsp3) is 1.00. The molecule has 0 N–H and O–H groups in total. The molecule has 0 saturated carbocycles. The maximum atomic E-state index is 6.93. The van der Waals surface area contributed by atoms with Crippen LogP contribution in [0.3, 0.4) is 0 Å². The first-order valence-corrected chi connectivity index (χ1v) is 16.1. The van der Waals surface area contributed by atoms with Crippen LogP contribution in [0.2, 0.25) is 36.3 Å². The number of halogens is 2. The van der Waals surface area contributed by atoms with Crippen molar-refractivity contribution < 1.29 is 0 Å². The molecule has 0 bridgehead atoms. The first-order chi connectivity index (χ1) is 9.45. The van der Waals surface area contributed by atoms with Gasteiger partial charge in [-0.2, -0.15) is 22.2 Å². The van der Waals surface area contributed by atoms with Crippen LogP contribution in [0.4, 0.5) is 0 Å². The molecule has 0 aliphatic heterocycles. The van der Waals surface area contributed by atoms with E-state index in [-0.39, 0.29) is 0 Å². The van der Waals surface area contributed by atoms with Crippen molar-refractivity contribution in [2.24, 2.45) is 0 Å². The lowest BCUT2D eigenvalue weighted by atomic mass is 10.4. The molecule has 0 amide bonds. The molecule has 0 radical (unpaired) electrons. The van der Waals surface area contributed by atoms with E-state index in [0.29, 0.717) is 0 Å². The summed E-state index contributed by atoms with van der Waals surface area (Å²) in [6.07, 6.45) is 7.69. The van der Waals surface area contributed by atoms with E-state index in [1.54, 1.807) is 0 Å². The zero-order valence-corrected chi connectivity index (χ0v) is 17.8. The Labute approximate surface area is 139 Å². The average molecular weight is 356 g/mol. The molecule has 0 aromatic rings. The fourth-order valence-electron chi connectivity index (χ4n) is 3.43. The molecule has 0 aromatic carbocycles. The third kappa shape index (κ3) is 9.12. The van der Waals surface area contributed by atoms with Gasteiger partial charge in [0.25, 0.3) is 0 Å². The van der Waals surface area contributed by atoms with Gasteiger partial charge in [-0.05, 0) is 36.3 Å². The maximum Gasteiger partial charge on any atom is 0.156 e. The van der Waals surface area contributed by atoms with Crippen LogP contribution in [0.5, 0.6) is 0 Å². The number of rotatable bonds is 13. The molecule has 0 fully saturated rings. The van der Waals surface area contributed by atoms with Crippen molar-refractivity contribution in [1.82, 2.24) is 0 Å². The monoisotopic (exact) mass is 354 g/mol.